The first kappa shape index (κ1) is 15.3. The molecule has 3 N–H and O–H groups in total. The number of hydrogen-bond acceptors (Lipinski definition) is 3. The van der Waals surface area contributed by atoms with Crippen molar-refractivity contribution in [3.8, 4) is 0 Å². The average Bonchev–Trinajstić information content (AvgIpc) is 3.28. The number of amides is 3. The van der Waals surface area contributed by atoms with E-state index in [4.69, 9.17) is 4.74 Å². The Morgan fingerprint density at radius 2 is 2.14 bits per heavy atom. The van der Waals surface area contributed by atoms with E-state index in [2.05, 4.69) is 16.0 Å². The van der Waals surface area contributed by atoms with Crippen LogP contribution >= 0.6 is 0 Å². The van der Waals surface area contributed by atoms with Crippen LogP contribution in [-0.2, 0) is 4.74 Å². The summed E-state index contributed by atoms with van der Waals surface area (Å²) in [5.41, 5.74) is 1.15. The number of hydrogen-bond donors (Lipinski definition) is 3. The van der Waals surface area contributed by atoms with Crippen LogP contribution in [0.25, 0.3) is 0 Å². The molecule has 1 aromatic carbocycles. The van der Waals surface area contributed by atoms with Crippen LogP contribution in [0.15, 0.2) is 24.3 Å². The Bertz CT molecular complexity index is 501. The van der Waals surface area contributed by atoms with E-state index in [9.17, 15) is 9.59 Å². The SMILES string of the molecule is COCCCNC(=O)Nc1cccc(C(=O)NC2CC2)c1. The maximum absolute atomic E-state index is 11.9. The van der Waals surface area contributed by atoms with E-state index >= 15 is 0 Å². The Balaban J connectivity index is 1.82. The lowest BCUT2D eigenvalue weighted by atomic mass is 10.2. The molecule has 114 valence electrons. The van der Waals surface area contributed by atoms with Gasteiger partial charge in [-0.3, -0.25) is 4.79 Å². The third-order valence-electron chi connectivity index (χ3n) is 3.11. The van der Waals surface area contributed by atoms with Crippen LogP contribution in [0, 0.1) is 0 Å². The van der Waals surface area contributed by atoms with E-state index in [0.717, 1.165) is 19.3 Å². The van der Waals surface area contributed by atoms with Crippen LogP contribution in [0.5, 0.6) is 0 Å². The molecule has 0 spiro atoms. The van der Waals surface area contributed by atoms with Gasteiger partial charge in [0.1, 0.15) is 0 Å². The number of ether oxygens (including phenoxy) is 1. The van der Waals surface area contributed by atoms with Crippen molar-refractivity contribution in [3.63, 3.8) is 0 Å². The Labute approximate surface area is 124 Å². The van der Waals surface area contributed by atoms with Gasteiger partial charge in [0.15, 0.2) is 0 Å². The first-order valence-electron chi connectivity index (χ1n) is 7.14. The summed E-state index contributed by atoms with van der Waals surface area (Å²) in [4.78, 5) is 23.6. The molecule has 6 nitrogen and oxygen atoms in total. The third-order valence-corrected chi connectivity index (χ3v) is 3.11. The van der Waals surface area contributed by atoms with Gasteiger partial charge in [-0.1, -0.05) is 6.07 Å². The molecule has 1 saturated carbocycles. The molecule has 0 aliphatic heterocycles. The van der Waals surface area contributed by atoms with Gasteiger partial charge >= 0.3 is 6.03 Å². The summed E-state index contributed by atoms with van der Waals surface area (Å²) in [5, 5.41) is 8.36. The van der Waals surface area contributed by atoms with Crippen molar-refractivity contribution >= 4 is 17.6 Å². The molecule has 0 saturated heterocycles. The van der Waals surface area contributed by atoms with Crippen molar-refractivity contribution in [2.45, 2.75) is 25.3 Å². The zero-order chi connectivity index (χ0) is 15.1. The van der Waals surface area contributed by atoms with Gasteiger partial charge in [-0.15, -0.1) is 0 Å². The van der Waals surface area contributed by atoms with E-state index in [0.29, 0.717) is 30.4 Å². The van der Waals surface area contributed by atoms with Crippen LogP contribution in [0.1, 0.15) is 29.6 Å². The topological polar surface area (TPSA) is 79.5 Å². The molecule has 1 aliphatic carbocycles. The van der Waals surface area contributed by atoms with Crippen LogP contribution < -0.4 is 16.0 Å². The molecule has 0 radical (unpaired) electrons. The largest absolute Gasteiger partial charge is 0.385 e. The number of urea groups is 1. The second kappa shape index (κ2) is 7.64. The normalized spacial score (nSPS) is 13.6. The van der Waals surface area contributed by atoms with Crippen molar-refractivity contribution < 1.29 is 14.3 Å². The smallest absolute Gasteiger partial charge is 0.319 e. The molecule has 1 aromatic rings. The summed E-state index contributed by atoms with van der Waals surface area (Å²) in [6.45, 7) is 1.15. The number of methoxy groups -OCH3 is 1. The molecule has 1 aliphatic rings. The van der Waals surface area contributed by atoms with Gasteiger partial charge in [-0.2, -0.15) is 0 Å². The first-order chi connectivity index (χ1) is 10.2. The number of nitrogens with one attached hydrogen (secondary N) is 3. The van der Waals surface area contributed by atoms with E-state index in [1.165, 1.54) is 0 Å². The van der Waals surface area contributed by atoms with Gasteiger partial charge < -0.3 is 20.7 Å². The molecular formula is C15H21N3O3. The van der Waals surface area contributed by atoms with Crippen LogP contribution in [0.4, 0.5) is 10.5 Å². The molecule has 21 heavy (non-hydrogen) atoms. The molecule has 2 rings (SSSR count). The van der Waals surface area contributed by atoms with Crippen molar-refractivity contribution in [2.75, 3.05) is 25.6 Å². The summed E-state index contributed by atoms with van der Waals surface area (Å²) < 4.78 is 4.90. The van der Waals surface area contributed by atoms with Gasteiger partial charge in [0.05, 0.1) is 0 Å². The van der Waals surface area contributed by atoms with E-state index in [1.54, 1.807) is 31.4 Å². The summed E-state index contributed by atoms with van der Waals surface area (Å²) in [6.07, 6.45) is 2.86. The first-order valence-corrected chi connectivity index (χ1v) is 7.14. The van der Waals surface area contributed by atoms with Crippen LogP contribution in [0.2, 0.25) is 0 Å². The summed E-state index contributed by atoms with van der Waals surface area (Å²) in [6, 6.07) is 6.95. The van der Waals surface area contributed by atoms with Crippen molar-refractivity contribution in [3.05, 3.63) is 29.8 Å². The average molecular weight is 291 g/mol. The number of anilines is 1. The van der Waals surface area contributed by atoms with E-state index in [1.807, 2.05) is 0 Å². The molecule has 0 atom stereocenters. The Hall–Kier alpha value is -2.08. The van der Waals surface area contributed by atoms with Gasteiger partial charge in [0, 0.05) is 37.6 Å². The minimum Gasteiger partial charge on any atom is -0.385 e. The highest BCUT2D eigenvalue weighted by molar-refractivity contribution is 5.97. The fraction of sp³-hybridized carbons (Fsp3) is 0.467. The Morgan fingerprint density at radius 1 is 1.33 bits per heavy atom. The monoisotopic (exact) mass is 291 g/mol. The number of carbonyl (C=O) groups is 2. The zero-order valence-electron chi connectivity index (χ0n) is 12.1. The lowest BCUT2D eigenvalue weighted by Crippen LogP contribution is -2.30. The molecule has 0 aromatic heterocycles. The second-order valence-electron chi connectivity index (χ2n) is 5.06. The van der Waals surface area contributed by atoms with Crippen molar-refractivity contribution in [2.24, 2.45) is 0 Å². The minimum atomic E-state index is -0.286. The number of benzene rings is 1. The zero-order valence-corrected chi connectivity index (χ0v) is 12.1. The highest BCUT2D eigenvalue weighted by Gasteiger charge is 2.23. The number of rotatable bonds is 7. The summed E-state index contributed by atoms with van der Waals surface area (Å²) in [5.74, 6) is -0.0957. The summed E-state index contributed by atoms with van der Waals surface area (Å²) >= 11 is 0. The standard InChI is InChI=1S/C15H21N3O3/c1-21-9-3-8-16-15(20)18-13-5-2-4-11(10-13)14(19)17-12-6-7-12/h2,4-5,10,12H,3,6-9H2,1H3,(H,17,19)(H2,16,18,20). The second-order valence-corrected chi connectivity index (χ2v) is 5.06. The molecular weight excluding hydrogens is 270 g/mol. The maximum atomic E-state index is 11.9. The lowest BCUT2D eigenvalue weighted by Gasteiger charge is -2.09. The van der Waals surface area contributed by atoms with Crippen molar-refractivity contribution in [1.29, 1.82) is 0 Å². The van der Waals surface area contributed by atoms with Gasteiger partial charge in [0.25, 0.3) is 5.91 Å². The quantitative estimate of drug-likeness (QED) is 0.669. The predicted molar refractivity (Wildman–Crippen MR) is 80.4 cm³/mol. The number of carbonyl (C=O) groups excluding carboxylic acids is 2. The predicted octanol–water partition coefficient (Wildman–Crippen LogP) is 1.74. The molecule has 0 bridgehead atoms. The highest BCUT2D eigenvalue weighted by atomic mass is 16.5. The maximum Gasteiger partial charge on any atom is 0.319 e. The van der Waals surface area contributed by atoms with Crippen LogP contribution in [0.3, 0.4) is 0 Å². The van der Waals surface area contributed by atoms with Crippen LogP contribution in [-0.4, -0.2) is 38.2 Å². The van der Waals surface area contributed by atoms with Gasteiger partial charge in [-0.25, -0.2) is 4.79 Å². The lowest BCUT2D eigenvalue weighted by molar-refractivity contribution is 0.0951. The highest BCUT2D eigenvalue weighted by Crippen LogP contribution is 2.20. The minimum absolute atomic E-state index is 0.0957. The fourth-order valence-corrected chi connectivity index (χ4v) is 1.83. The molecule has 0 heterocycles. The van der Waals surface area contributed by atoms with Gasteiger partial charge in [-0.05, 0) is 37.5 Å². The molecule has 0 unspecified atom stereocenters. The third kappa shape index (κ3) is 5.43. The summed E-state index contributed by atoms with van der Waals surface area (Å²) in [7, 11) is 1.62. The van der Waals surface area contributed by atoms with E-state index in [-0.39, 0.29) is 11.9 Å². The fourth-order valence-electron chi connectivity index (χ4n) is 1.83. The van der Waals surface area contributed by atoms with E-state index < -0.39 is 0 Å². The Kier molecular flexibility index (Phi) is 5.57. The van der Waals surface area contributed by atoms with Gasteiger partial charge in [0.2, 0.25) is 0 Å². The molecule has 1 fully saturated rings. The van der Waals surface area contributed by atoms with Crippen molar-refractivity contribution in [1.82, 2.24) is 10.6 Å². The molecule has 3 amide bonds. The molecule has 6 heteroatoms. The Morgan fingerprint density at radius 3 is 2.86 bits per heavy atom.